The summed E-state index contributed by atoms with van der Waals surface area (Å²) in [5.74, 6) is 1.57. The van der Waals surface area contributed by atoms with Crippen LogP contribution in [0.4, 0.5) is 0 Å². The van der Waals surface area contributed by atoms with E-state index in [4.69, 9.17) is 14.6 Å². The second-order valence-corrected chi connectivity index (χ2v) is 14.2. The van der Waals surface area contributed by atoms with Crippen molar-refractivity contribution >= 4 is 65.6 Å². The largest absolute Gasteiger partial charge is 0.454 e. The number of rotatable bonds is 5. The van der Waals surface area contributed by atoms with Crippen molar-refractivity contribution in [1.29, 1.82) is 0 Å². The number of fused-ring (bicyclic) bond motifs is 10. The predicted octanol–water partition coefficient (Wildman–Crippen LogP) is 12.7. The maximum Gasteiger partial charge on any atom is 0.168 e. The van der Waals surface area contributed by atoms with E-state index >= 15 is 0 Å². The molecule has 0 spiro atoms. The van der Waals surface area contributed by atoms with Gasteiger partial charge in [-0.05, 0) is 54.6 Å². The van der Waals surface area contributed by atoms with Gasteiger partial charge < -0.3 is 13.6 Å². The minimum Gasteiger partial charge on any atom is -0.454 e. The Morgan fingerprint density at radius 1 is 0.357 bits per heavy atom. The average molecular weight is 718 g/mol. The number of aromatic nitrogens is 5. The Hall–Kier alpha value is -7.70. The first-order valence-electron chi connectivity index (χ1n) is 18.8. The molecule has 6 heteroatoms. The molecule has 0 aliphatic heterocycles. The highest BCUT2D eigenvalue weighted by atomic mass is 16.3. The van der Waals surface area contributed by atoms with Crippen molar-refractivity contribution in [3.8, 4) is 39.8 Å². The fourth-order valence-electron chi connectivity index (χ4n) is 8.76. The molecule has 6 nitrogen and oxygen atoms in total. The fraction of sp³-hybridized carbons (Fsp3) is 0. The van der Waals surface area contributed by atoms with E-state index in [9.17, 15) is 0 Å². The van der Waals surface area contributed by atoms with Crippen molar-refractivity contribution in [2.24, 2.45) is 0 Å². The highest BCUT2D eigenvalue weighted by molar-refractivity contribution is 6.21. The summed E-state index contributed by atoms with van der Waals surface area (Å²) in [6.07, 6.45) is 0. The third kappa shape index (κ3) is 4.38. The molecule has 0 fully saturated rings. The second kappa shape index (κ2) is 11.9. The summed E-state index contributed by atoms with van der Waals surface area (Å²) < 4.78 is 13.7. The first-order chi connectivity index (χ1) is 27.8. The lowest BCUT2D eigenvalue weighted by molar-refractivity contribution is 0.671. The Labute approximate surface area is 320 Å². The molecule has 12 rings (SSSR count). The number of para-hydroxylation sites is 6. The monoisotopic (exact) mass is 717 g/mol. The van der Waals surface area contributed by atoms with Crippen LogP contribution in [0.25, 0.3) is 105 Å². The lowest BCUT2D eigenvalue weighted by Gasteiger charge is -2.17. The average Bonchev–Trinajstić information content (AvgIpc) is 4.04. The van der Waals surface area contributed by atoms with Crippen LogP contribution in [0.1, 0.15) is 0 Å². The first kappa shape index (κ1) is 30.7. The van der Waals surface area contributed by atoms with Crippen LogP contribution in [0.2, 0.25) is 0 Å². The van der Waals surface area contributed by atoms with Crippen LogP contribution >= 0.6 is 0 Å². The summed E-state index contributed by atoms with van der Waals surface area (Å²) in [5.41, 5.74) is 11.2. The minimum atomic E-state index is 0.775. The molecule has 4 heterocycles. The highest BCUT2D eigenvalue weighted by Gasteiger charge is 2.24. The van der Waals surface area contributed by atoms with Gasteiger partial charge in [-0.1, -0.05) is 133 Å². The molecule has 0 bridgehead atoms. The molecule has 4 aromatic heterocycles. The lowest BCUT2D eigenvalue weighted by Crippen LogP contribution is -2.03. The van der Waals surface area contributed by atoms with Crippen molar-refractivity contribution in [3.05, 3.63) is 188 Å². The molecule has 0 saturated heterocycles. The maximum atomic E-state index is 6.73. The Morgan fingerprint density at radius 3 is 1.66 bits per heavy atom. The molecule has 56 heavy (non-hydrogen) atoms. The third-order valence-corrected chi connectivity index (χ3v) is 11.2. The number of nitrogens with zero attached hydrogens (tertiary/aromatic N) is 5. The molecule has 0 atom stereocenters. The van der Waals surface area contributed by atoms with Gasteiger partial charge in [-0.25, -0.2) is 0 Å². The van der Waals surface area contributed by atoms with E-state index < -0.39 is 0 Å². The molecule has 12 aromatic rings. The highest BCUT2D eigenvalue weighted by Crippen LogP contribution is 2.43. The van der Waals surface area contributed by atoms with Gasteiger partial charge in [0.15, 0.2) is 17.2 Å². The van der Waals surface area contributed by atoms with Crippen LogP contribution in [0.3, 0.4) is 0 Å². The SMILES string of the molecule is c1ccc(-c2nnc(-c3ccc4c5ccccc5n(-c5ccccc5-n5c6ccccc6c6ccc7c8ccccc8oc7c65)c4c3)n2-c2ccccc2)cc1. The third-order valence-electron chi connectivity index (χ3n) is 11.2. The number of benzene rings is 8. The Balaban J connectivity index is 1.15. The molecule has 0 saturated carbocycles. The van der Waals surface area contributed by atoms with Gasteiger partial charge in [0.05, 0.1) is 33.4 Å². The van der Waals surface area contributed by atoms with E-state index in [1.807, 2.05) is 30.3 Å². The van der Waals surface area contributed by atoms with Gasteiger partial charge in [0.1, 0.15) is 5.58 Å². The molecule has 262 valence electrons. The molecule has 0 unspecified atom stereocenters. The van der Waals surface area contributed by atoms with Crippen LogP contribution in [-0.2, 0) is 0 Å². The fourth-order valence-corrected chi connectivity index (χ4v) is 8.76. The number of hydrogen-bond donors (Lipinski definition) is 0. The standard InChI is InChI=1S/C50H31N5O/c1-3-15-32(16-4-1)49-51-52-50(53(49)34-17-5-2-6-18-34)33-27-28-37-35-19-7-10-22-41(35)54(45(37)31-33)43-24-12-13-25-44(43)55-42-23-11-8-20-36(42)39-29-30-40-38-21-9-14-26-46(38)56-48(40)47(39)55/h1-31H. The van der Waals surface area contributed by atoms with Gasteiger partial charge in [0.25, 0.3) is 0 Å². The summed E-state index contributed by atoms with van der Waals surface area (Å²) in [5, 5.41) is 16.5. The molecular weight excluding hydrogens is 687 g/mol. The summed E-state index contributed by atoms with van der Waals surface area (Å²) in [6, 6.07) is 66.1. The maximum absolute atomic E-state index is 6.73. The van der Waals surface area contributed by atoms with E-state index in [1.54, 1.807) is 0 Å². The van der Waals surface area contributed by atoms with Crippen molar-refractivity contribution in [2.75, 3.05) is 0 Å². The Bertz CT molecular complexity index is 3480. The lowest BCUT2D eigenvalue weighted by atomic mass is 10.1. The molecule has 0 radical (unpaired) electrons. The summed E-state index contributed by atoms with van der Waals surface area (Å²) in [4.78, 5) is 0. The van der Waals surface area contributed by atoms with Crippen LogP contribution in [0, 0.1) is 0 Å². The smallest absolute Gasteiger partial charge is 0.168 e. The van der Waals surface area contributed by atoms with E-state index in [2.05, 4.69) is 171 Å². The summed E-state index contributed by atoms with van der Waals surface area (Å²) >= 11 is 0. The molecule has 0 aliphatic carbocycles. The summed E-state index contributed by atoms with van der Waals surface area (Å²) in [6.45, 7) is 0. The minimum absolute atomic E-state index is 0.775. The normalized spacial score (nSPS) is 11.9. The zero-order valence-corrected chi connectivity index (χ0v) is 30.0. The first-order valence-corrected chi connectivity index (χ1v) is 18.8. The van der Waals surface area contributed by atoms with Crippen LogP contribution < -0.4 is 0 Å². The number of furan rings is 1. The molecular formula is C50H31N5O. The van der Waals surface area contributed by atoms with Gasteiger partial charge in [0.2, 0.25) is 0 Å². The zero-order valence-electron chi connectivity index (χ0n) is 30.0. The van der Waals surface area contributed by atoms with Crippen molar-refractivity contribution in [2.45, 2.75) is 0 Å². The van der Waals surface area contributed by atoms with Gasteiger partial charge >= 0.3 is 0 Å². The van der Waals surface area contributed by atoms with E-state index in [1.165, 1.54) is 10.8 Å². The predicted molar refractivity (Wildman–Crippen MR) is 228 cm³/mol. The van der Waals surface area contributed by atoms with Crippen molar-refractivity contribution < 1.29 is 4.42 Å². The summed E-state index contributed by atoms with van der Waals surface area (Å²) in [7, 11) is 0. The van der Waals surface area contributed by atoms with Gasteiger partial charge in [-0.3, -0.25) is 4.57 Å². The topological polar surface area (TPSA) is 53.7 Å². The van der Waals surface area contributed by atoms with Gasteiger partial charge in [0, 0.05) is 49.1 Å². The molecule has 0 aliphatic rings. The van der Waals surface area contributed by atoms with Crippen molar-refractivity contribution in [1.82, 2.24) is 23.9 Å². The Morgan fingerprint density at radius 2 is 0.893 bits per heavy atom. The Kier molecular flexibility index (Phi) is 6.53. The van der Waals surface area contributed by atoms with E-state index in [0.717, 1.165) is 94.6 Å². The van der Waals surface area contributed by atoms with Gasteiger partial charge in [-0.15, -0.1) is 10.2 Å². The van der Waals surface area contributed by atoms with Crippen LogP contribution in [0.5, 0.6) is 0 Å². The van der Waals surface area contributed by atoms with E-state index in [-0.39, 0.29) is 0 Å². The quantitative estimate of drug-likeness (QED) is 0.178. The molecule has 0 N–H and O–H groups in total. The van der Waals surface area contributed by atoms with Crippen LogP contribution in [-0.4, -0.2) is 23.9 Å². The second-order valence-electron chi connectivity index (χ2n) is 14.2. The zero-order chi connectivity index (χ0) is 36.7. The molecule has 8 aromatic carbocycles. The van der Waals surface area contributed by atoms with Crippen LogP contribution in [0.15, 0.2) is 192 Å². The van der Waals surface area contributed by atoms with Gasteiger partial charge in [-0.2, -0.15) is 0 Å². The number of hydrogen-bond acceptors (Lipinski definition) is 3. The van der Waals surface area contributed by atoms with Crippen molar-refractivity contribution in [3.63, 3.8) is 0 Å². The van der Waals surface area contributed by atoms with E-state index in [0.29, 0.717) is 0 Å². The molecule has 0 amide bonds.